The summed E-state index contributed by atoms with van der Waals surface area (Å²) < 4.78 is 0. The van der Waals surface area contributed by atoms with E-state index in [0.29, 0.717) is 19.5 Å². The van der Waals surface area contributed by atoms with E-state index < -0.39 is 17.4 Å². The Labute approximate surface area is 118 Å². The van der Waals surface area contributed by atoms with E-state index in [1.54, 1.807) is 18.7 Å². The number of nitrogens with two attached hydrogens (primary N) is 1. The molecule has 0 radical (unpaired) electrons. The molecule has 4 N–H and O–H groups in total. The number of primary amides is 1. The van der Waals surface area contributed by atoms with Crippen LogP contribution in [0.4, 0.5) is 4.79 Å². The van der Waals surface area contributed by atoms with Crippen molar-refractivity contribution >= 4 is 17.9 Å². The van der Waals surface area contributed by atoms with E-state index >= 15 is 0 Å². The van der Waals surface area contributed by atoms with Gasteiger partial charge < -0.3 is 21.1 Å². The maximum Gasteiger partial charge on any atom is 0.318 e. The number of urea groups is 1. The molecule has 0 aromatic rings. The molecule has 1 heterocycles. The van der Waals surface area contributed by atoms with Gasteiger partial charge in [-0.2, -0.15) is 0 Å². The number of hydrogen-bond acceptors (Lipinski definition) is 3. The first-order chi connectivity index (χ1) is 9.22. The van der Waals surface area contributed by atoms with Crippen LogP contribution < -0.4 is 11.1 Å². The Morgan fingerprint density at radius 2 is 2.05 bits per heavy atom. The number of rotatable bonds is 5. The van der Waals surface area contributed by atoms with Gasteiger partial charge in [0.25, 0.3) is 0 Å². The van der Waals surface area contributed by atoms with Crippen molar-refractivity contribution in [3.63, 3.8) is 0 Å². The van der Waals surface area contributed by atoms with Crippen LogP contribution in [0.1, 0.15) is 39.5 Å². The molecule has 0 bridgehead atoms. The summed E-state index contributed by atoms with van der Waals surface area (Å²) in [5.74, 6) is -1.21. The van der Waals surface area contributed by atoms with Gasteiger partial charge in [-0.15, -0.1) is 0 Å². The summed E-state index contributed by atoms with van der Waals surface area (Å²) in [5.41, 5.74) is 4.13. The van der Waals surface area contributed by atoms with Gasteiger partial charge >= 0.3 is 12.0 Å². The molecular formula is C13H23N3O4. The number of carbonyl (C=O) groups excluding carboxylic acids is 2. The Bertz CT molecular complexity index is 395. The molecule has 0 spiro atoms. The molecule has 114 valence electrons. The van der Waals surface area contributed by atoms with Crippen molar-refractivity contribution in [1.29, 1.82) is 0 Å². The van der Waals surface area contributed by atoms with Crippen molar-refractivity contribution in [2.45, 2.75) is 45.1 Å². The predicted octanol–water partition coefficient (Wildman–Crippen LogP) is 0.537. The summed E-state index contributed by atoms with van der Waals surface area (Å²) in [6.07, 6.45) is 2.45. The second-order valence-corrected chi connectivity index (χ2v) is 5.81. The summed E-state index contributed by atoms with van der Waals surface area (Å²) in [4.78, 5) is 35.5. The highest BCUT2D eigenvalue weighted by Gasteiger charge is 2.31. The SMILES string of the molecule is CC(C)(NC(=O)N1CCCC(CCC(=O)O)C1)C(N)=O. The van der Waals surface area contributed by atoms with E-state index in [9.17, 15) is 14.4 Å². The number of nitrogens with one attached hydrogen (secondary N) is 1. The molecule has 0 saturated carbocycles. The van der Waals surface area contributed by atoms with Gasteiger partial charge in [-0.05, 0) is 39.0 Å². The van der Waals surface area contributed by atoms with Crippen molar-refractivity contribution in [1.82, 2.24) is 10.2 Å². The lowest BCUT2D eigenvalue weighted by atomic mass is 9.93. The smallest absolute Gasteiger partial charge is 0.318 e. The molecule has 1 aliphatic heterocycles. The van der Waals surface area contributed by atoms with Gasteiger partial charge in [-0.1, -0.05) is 0 Å². The summed E-state index contributed by atoms with van der Waals surface area (Å²) in [5, 5.41) is 11.3. The van der Waals surface area contributed by atoms with Gasteiger partial charge in [0.2, 0.25) is 5.91 Å². The van der Waals surface area contributed by atoms with Crippen LogP contribution in [0.25, 0.3) is 0 Å². The third kappa shape index (κ3) is 4.71. The molecule has 3 amide bonds. The topological polar surface area (TPSA) is 113 Å². The zero-order valence-corrected chi connectivity index (χ0v) is 12.0. The fraction of sp³-hybridized carbons (Fsp3) is 0.769. The second kappa shape index (κ2) is 6.58. The molecule has 1 atom stereocenters. The molecule has 0 aromatic carbocycles. The second-order valence-electron chi connectivity index (χ2n) is 5.81. The fourth-order valence-electron chi connectivity index (χ4n) is 2.22. The predicted molar refractivity (Wildman–Crippen MR) is 73.0 cm³/mol. The Balaban J connectivity index is 2.52. The van der Waals surface area contributed by atoms with Crippen molar-refractivity contribution in [2.24, 2.45) is 11.7 Å². The number of aliphatic carboxylic acids is 1. The summed E-state index contributed by atoms with van der Waals surface area (Å²) in [6.45, 7) is 4.25. The van der Waals surface area contributed by atoms with Crippen molar-refractivity contribution in [3.05, 3.63) is 0 Å². The maximum absolute atomic E-state index is 12.1. The summed E-state index contributed by atoms with van der Waals surface area (Å²) in [6, 6.07) is -0.325. The highest BCUT2D eigenvalue weighted by molar-refractivity contribution is 5.89. The van der Waals surface area contributed by atoms with E-state index in [1.165, 1.54) is 0 Å². The molecule has 0 aliphatic carbocycles. The van der Waals surface area contributed by atoms with Crippen molar-refractivity contribution < 1.29 is 19.5 Å². The number of likely N-dealkylation sites (tertiary alicyclic amines) is 1. The lowest BCUT2D eigenvalue weighted by Gasteiger charge is -2.35. The molecule has 1 fully saturated rings. The molecular weight excluding hydrogens is 262 g/mol. The van der Waals surface area contributed by atoms with Crippen LogP contribution >= 0.6 is 0 Å². The Hall–Kier alpha value is -1.79. The average Bonchev–Trinajstić information content (AvgIpc) is 2.36. The van der Waals surface area contributed by atoms with Crippen LogP contribution in [-0.4, -0.2) is 46.5 Å². The monoisotopic (exact) mass is 285 g/mol. The number of amides is 3. The van der Waals surface area contributed by atoms with E-state index in [2.05, 4.69) is 5.32 Å². The zero-order valence-electron chi connectivity index (χ0n) is 12.0. The molecule has 20 heavy (non-hydrogen) atoms. The molecule has 1 saturated heterocycles. The van der Waals surface area contributed by atoms with E-state index in [1.807, 2.05) is 0 Å². The lowest BCUT2D eigenvalue weighted by molar-refractivity contribution is -0.137. The highest BCUT2D eigenvalue weighted by atomic mass is 16.4. The lowest BCUT2D eigenvalue weighted by Crippen LogP contribution is -2.57. The van der Waals surface area contributed by atoms with Crippen LogP contribution in [0.2, 0.25) is 0 Å². The van der Waals surface area contributed by atoms with Crippen LogP contribution in [0.3, 0.4) is 0 Å². The summed E-state index contributed by atoms with van der Waals surface area (Å²) in [7, 11) is 0. The van der Waals surface area contributed by atoms with Crippen LogP contribution in [0, 0.1) is 5.92 Å². The molecule has 7 heteroatoms. The number of carboxylic acid groups (broad SMARTS) is 1. The standard InChI is InChI=1S/C13H23N3O4/c1-13(2,11(14)19)15-12(20)16-7-3-4-9(8-16)5-6-10(17)18/h9H,3-8H2,1-2H3,(H2,14,19)(H,15,20)(H,17,18). The third-order valence-electron chi connectivity index (χ3n) is 3.61. The minimum Gasteiger partial charge on any atom is -0.481 e. The first kappa shape index (κ1) is 16.3. The third-order valence-corrected chi connectivity index (χ3v) is 3.61. The van der Waals surface area contributed by atoms with Crippen LogP contribution in [-0.2, 0) is 9.59 Å². The van der Waals surface area contributed by atoms with Gasteiger partial charge in [0.05, 0.1) is 0 Å². The number of carboxylic acids is 1. The Morgan fingerprint density at radius 1 is 1.40 bits per heavy atom. The quantitative estimate of drug-likeness (QED) is 0.684. The zero-order chi connectivity index (χ0) is 15.3. The number of nitrogens with zero attached hydrogens (tertiary/aromatic N) is 1. The van der Waals surface area contributed by atoms with E-state index in [0.717, 1.165) is 12.8 Å². The van der Waals surface area contributed by atoms with Gasteiger partial charge in [-0.25, -0.2) is 4.79 Å². The normalized spacial score (nSPS) is 19.5. The minimum atomic E-state index is -1.09. The first-order valence-electron chi connectivity index (χ1n) is 6.81. The molecule has 0 aromatic heterocycles. The average molecular weight is 285 g/mol. The Morgan fingerprint density at radius 3 is 2.60 bits per heavy atom. The van der Waals surface area contributed by atoms with Crippen molar-refractivity contribution in [2.75, 3.05) is 13.1 Å². The minimum absolute atomic E-state index is 0.118. The highest BCUT2D eigenvalue weighted by Crippen LogP contribution is 2.21. The van der Waals surface area contributed by atoms with Crippen molar-refractivity contribution in [3.8, 4) is 0 Å². The molecule has 1 aliphatic rings. The van der Waals surface area contributed by atoms with E-state index in [-0.39, 0.29) is 18.4 Å². The van der Waals surface area contributed by atoms with Crippen LogP contribution in [0.15, 0.2) is 0 Å². The largest absolute Gasteiger partial charge is 0.481 e. The van der Waals surface area contributed by atoms with Gasteiger partial charge in [0.1, 0.15) is 5.54 Å². The number of hydrogen-bond donors (Lipinski definition) is 3. The maximum atomic E-state index is 12.1. The van der Waals surface area contributed by atoms with Gasteiger partial charge in [-0.3, -0.25) is 9.59 Å². The van der Waals surface area contributed by atoms with Crippen LogP contribution in [0.5, 0.6) is 0 Å². The number of carbonyl (C=O) groups is 3. The van der Waals surface area contributed by atoms with Gasteiger partial charge in [0.15, 0.2) is 0 Å². The molecule has 1 rings (SSSR count). The fourth-order valence-corrected chi connectivity index (χ4v) is 2.22. The molecule has 7 nitrogen and oxygen atoms in total. The van der Waals surface area contributed by atoms with E-state index in [4.69, 9.17) is 10.8 Å². The Kier molecular flexibility index (Phi) is 5.35. The number of piperidine rings is 1. The first-order valence-corrected chi connectivity index (χ1v) is 6.81. The summed E-state index contributed by atoms with van der Waals surface area (Å²) >= 11 is 0. The molecule has 1 unspecified atom stereocenters. The van der Waals surface area contributed by atoms with Gasteiger partial charge in [0, 0.05) is 19.5 Å².